The average molecular weight is 367 g/mol. The van der Waals surface area contributed by atoms with Gasteiger partial charge in [0.05, 0.1) is 24.2 Å². The molecule has 2 atom stereocenters. The predicted octanol–water partition coefficient (Wildman–Crippen LogP) is 0.685. The average Bonchev–Trinajstić information content (AvgIpc) is 3.12. The third kappa shape index (κ3) is 3.87. The van der Waals surface area contributed by atoms with Gasteiger partial charge in [-0.05, 0) is 24.6 Å². The standard InChI is InChI=1S/C18H21N7O2/c26-16-12-24(10-6-14(16)21-18-19-8-3-9-20-18)17(27)7-11-25-15-5-2-1-4-13(15)22-23-25/h1-5,8-9,14,16,26H,6-7,10-12H2,(H,19,20,21)/t14-,16-/m1/s1. The molecule has 1 fully saturated rings. The van der Waals surface area contributed by atoms with Crippen molar-refractivity contribution in [2.24, 2.45) is 0 Å². The number of amides is 1. The van der Waals surface area contributed by atoms with E-state index < -0.39 is 6.10 Å². The minimum absolute atomic E-state index is 0.00282. The zero-order chi connectivity index (χ0) is 18.6. The topological polar surface area (TPSA) is 109 Å². The predicted molar refractivity (Wildman–Crippen MR) is 98.8 cm³/mol. The number of anilines is 1. The van der Waals surface area contributed by atoms with Gasteiger partial charge in [-0.3, -0.25) is 4.79 Å². The molecule has 9 nitrogen and oxygen atoms in total. The van der Waals surface area contributed by atoms with E-state index in [0.29, 0.717) is 38.4 Å². The van der Waals surface area contributed by atoms with Crippen LogP contribution >= 0.6 is 0 Å². The van der Waals surface area contributed by atoms with Gasteiger partial charge in [0.2, 0.25) is 11.9 Å². The highest BCUT2D eigenvalue weighted by Gasteiger charge is 2.30. The molecule has 0 spiro atoms. The number of carbonyl (C=O) groups is 1. The molecule has 3 aromatic rings. The molecule has 1 aromatic carbocycles. The van der Waals surface area contributed by atoms with E-state index in [1.54, 1.807) is 28.0 Å². The summed E-state index contributed by atoms with van der Waals surface area (Å²) >= 11 is 0. The first-order valence-electron chi connectivity index (χ1n) is 8.98. The fourth-order valence-electron chi connectivity index (χ4n) is 3.31. The fourth-order valence-corrected chi connectivity index (χ4v) is 3.31. The molecule has 27 heavy (non-hydrogen) atoms. The third-order valence-corrected chi connectivity index (χ3v) is 4.77. The molecule has 140 valence electrons. The fraction of sp³-hybridized carbons (Fsp3) is 0.389. The molecule has 0 unspecified atom stereocenters. The Kier molecular flexibility index (Phi) is 4.93. The molecule has 1 saturated heterocycles. The van der Waals surface area contributed by atoms with E-state index in [-0.39, 0.29) is 11.9 Å². The number of aryl methyl sites for hydroxylation is 1. The number of likely N-dealkylation sites (tertiary alicyclic amines) is 1. The Balaban J connectivity index is 1.31. The number of nitrogens with one attached hydrogen (secondary N) is 1. The molecular formula is C18H21N7O2. The van der Waals surface area contributed by atoms with E-state index in [4.69, 9.17) is 0 Å². The van der Waals surface area contributed by atoms with E-state index in [1.165, 1.54) is 0 Å². The zero-order valence-electron chi connectivity index (χ0n) is 14.8. The molecule has 3 heterocycles. The SMILES string of the molecule is O=C(CCn1nnc2ccccc21)N1CC[C@@H](Nc2ncccn2)[C@H](O)C1. The van der Waals surface area contributed by atoms with Gasteiger partial charge in [-0.15, -0.1) is 5.10 Å². The lowest BCUT2D eigenvalue weighted by Gasteiger charge is -2.36. The molecule has 2 aromatic heterocycles. The number of fused-ring (bicyclic) bond motifs is 1. The van der Waals surface area contributed by atoms with Crippen LogP contribution < -0.4 is 5.32 Å². The number of aliphatic hydroxyl groups excluding tert-OH is 1. The number of rotatable bonds is 5. The maximum atomic E-state index is 12.5. The molecule has 1 aliphatic rings. The van der Waals surface area contributed by atoms with Crippen LogP contribution in [-0.2, 0) is 11.3 Å². The number of benzene rings is 1. The maximum Gasteiger partial charge on any atom is 0.224 e. The summed E-state index contributed by atoms with van der Waals surface area (Å²) in [4.78, 5) is 22.5. The Morgan fingerprint density at radius 3 is 2.85 bits per heavy atom. The zero-order valence-corrected chi connectivity index (χ0v) is 14.8. The summed E-state index contributed by atoms with van der Waals surface area (Å²) in [6, 6.07) is 9.23. The number of aromatic nitrogens is 5. The van der Waals surface area contributed by atoms with Crippen LogP contribution in [0.1, 0.15) is 12.8 Å². The molecule has 0 radical (unpaired) electrons. The second-order valence-electron chi connectivity index (χ2n) is 6.57. The Hall–Kier alpha value is -3.07. The van der Waals surface area contributed by atoms with Gasteiger partial charge in [-0.2, -0.15) is 0 Å². The van der Waals surface area contributed by atoms with Crippen molar-refractivity contribution in [2.75, 3.05) is 18.4 Å². The van der Waals surface area contributed by atoms with Gasteiger partial charge < -0.3 is 15.3 Å². The van der Waals surface area contributed by atoms with Gasteiger partial charge in [0, 0.05) is 31.9 Å². The summed E-state index contributed by atoms with van der Waals surface area (Å²) in [5, 5.41) is 21.7. The van der Waals surface area contributed by atoms with Crippen LogP contribution in [0.15, 0.2) is 42.7 Å². The van der Waals surface area contributed by atoms with E-state index in [9.17, 15) is 9.90 Å². The van der Waals surface area contributed by atoms with Gasteiger partial charge >= 0.3 is 0 Å². The van der Waals surface area contributed by atoms with Crippen LogP contribution in [0, 0.1) is 0 Å². The number of para-hydroxylation sites is 1. The molecule has 0 bridgehead atoms. The van der Waals surface area contributed by atoms with Gasteiger partial charge in [-0.25, -0.2) is 14.6 Å². The van der Waals surface area contributed by atoms with Crippen LogP contribution in [0.3, 0.4) is 0 Å². The molecule has 0 saturated carbocycles. The van der Waals surface area contributed by atoms with Crippen molar-refractivity contribution >= 4 is 22.9 Å². The number of piperidine rings is 1. The van der Waals surface area contributed by atoms with E-state index in [2.05, 4.69) is 25.6 Å². The van der Waals surface area contributed by atoms with Crippen molar-refractivity contribution in [3.05, 3.63) is 42.7 Å². The summed E-state index contributed by atoms with van der Waals surface area (Å²) in [6.45, 7) is 1.34. The molecule has 2 N–H and O–H groups in total. The lowest BCUT2D eigenvalue weighted by molar-refractivity contribution is -0.134. The molecule has 0 aliphatic carbocycles. The van der Waals surface area contributed by atoms with E-state index >= 15 is 0 Å². The lowest BCUT2D eigenvalue weighted by Crippen LogP contribution is -2.51. The second-order valence-corrected chi connectivity index (χ2v) is 6.57. The largest absolute Gasteiger partial charge is 0.389 e. The molecule has 9 heteroatoms. The first kappa shape index (κ1) is 17.3. The monoisotopic (exact) mass is 367 g/mol. The number of hydrogen-bond donors (Lipinski definition) is 2. The summed E-state index contributed by atoms with van der Waals surface area (Å²) in [5.41, 5.74) is 1.73. The number of β-amino-alcohol motifs (C(OH)–C–C–N with tert-alkyl or cyclic N) is 1. The Labute approximate surface area is 156 Å². The molecule has 1 aliphatic heterocycles. The van der Waals surface area contributed by atoms with Crippen LogP contribution in [0.5, 0.6) is 0 Å². The minimum atomic E-state index is -0.668. The van der Waals surface area contributed by atoms with Gasteiger partial charge in [-0.1, -0.05) is 17.3 Å². The van der Waals surface area contributed by atoms with Crippen LogP contribution in [0.2, 0.25) is 0 Å². The van der Waals surface area contributed by atoms with Gasteiger partial charge in [0.25, 0.3) is 0 Å². The van der Waals surface area contributed by atoms with Crippen LogP contribution in [0.4, 0.5) is 5.95 Å². The quantitative estimate of drug-likeness (QED) is 0.683. The highest BCUT2D eigenvalue weighted by molar-refractivity contribution is 5.77. The minimum Gasteiger partial charge on any atom is -0.389 e. The second kappa shape index (κ2) is 7.67. The van der Waals surface area contributed by atoms with Crippen LogP contribution in [-0.4, -0.2) is 66.1 Å². The van der Waals surface area contributed by atoms with Crippen molar-refractivity contribution in [3.8, 4) is 0 Å². The normalized spacial score (nSPS) is 20.0. The van der Waals surface area contributed by atoms with E-state index in [0.717, 1.165) is 11.0 Å². The van der Waals surface area contributed by atoms with Crippen LogP contribution in [0.25, 0.3) is 11.0 Å². The number of hydrogen-bond acceptors (Lipinski definition) is 7. The first-order valence-corrected chi connectivity index (χ1v) is 8.98. The highest BCUT2D eigenvalue weighted by atomic mass is 16.3. The lowest BCUT2D eigenvalue weighted by atomic mass is 10.0. The first-order chi connectivity index (χ1) is 13.2. The Morgan fingerprint density at radius 1 is 1.22 bits per heavy atom. The third-order valence-electron chi connectivity index (χ3n) is 4.77. The van der Waals surface area contributed by atoms with Gasteiger partial charge in [0.15, 0.2) is 0 Å². The van der Waals surface area contributed by atoms with Crippen molar-refractivity contribution in [1.29, 1.82) is 0 Å². The van der Waals surface area contributed by atoms with E-state index in [1.807, 2.05) is 24.3 Å². The summed E-state index contributed by atoms with van der Waals surface area (Å²) in [5.74, 6) is 0.488. The molecule has 4 rings (SSSR count). The summed E-state index contributed by atoms with van der Waals surface area (Å²) in [7, 11) is 0. The Morgan fingerprint density at radius 2 is 2.04 bits per heavy atom. The number of carbonyl (C=O) groups excluding carboxylic acids is 1. The van der Waals surface area contributed by atoms with Crippen molar-refractivity contribution in [1.82, 2.24) is 29.9 Å². The van der Waals surface area contributed by atoms with Gasteiger partial charge in [0.1, 0.15) is 5.52 Å². The molecule has 1 amide bonds. The summed E-state index contributed by atoms with van der Waals surface area (Å²) in [6.07, 6.45) is 3.58. The number of aliphatic hydroxyl groups is 1. The Bertz CT molecular complexity index is 914. The molecular weight excluding hydrogens is 346 g/mol. The highest BCUT2D eigenvalue weighted by Crippen LogP contribution is 2.16. The van der Waals surface area contributed by atoms with Crippen molar-refractivity contribution < 1.29 is 9.90 Å². The van der Waals surface area contributed by atoms with Crippen molar-refractivity contribution in [2.45, 2.75) is 31.5 Å². The van der Waals surface area contributed by atoms with Crippen molar-refractivity contribution in [3.63, 3.8) is 0 Å². The maximum absolute atomic E-state index is 12.5. The summed E-state index contributed by atoms with van der Waals surface area (Å²) < 4.78 is 1.74. The smallest absolute Gasteiger partial charge is 0.224 e. The number of nitrogens with zero attached hydrogens (tertiary/aromatic N) is 6.